The molecule has 0 saturated heterocycles. The molecule has 5 aliphatic rings. The van der Waals surface area contributed by atoms with Crippen molar-refractivity contribution in [2.45, 2.75) is 97.9 Å². The highest BCUT2D eigenvalue weighted by molar-refractivity contribution is 5.91. The number of carbonyl (C=O) groups excluding carboxylic acids is 1. The van der Waals surface area contributed by atoms with Gasteiger partial charge in [-0.05, 0) is 99.4 Å². The van der Waals surface area contributed by atoms with Crippen molar-refractivity contribution in [3.05, 3.63) is 23.0 Å². The van der Waals surface area contributed by atoms with Crippen LogP contribution < -0.4 is 0 Å². The number of esters is 1. The Kier molecular flexibility index (Phi) is 5.57. The number of aliphatic hydroxyl groups excluding tert-OH is 3. The van der Waals surface area contributed by atoms with Crippen LogP contribution in [0.15, 0.2) is 23.0 Å². The lowest BCUT2D eigenvalue weighted by Crippen LogP contribution is -2.47. The molecule has 5 nitrogen and oxygen atoms in total. The molecule has 0 aromatic rings. The largest absolute Gasteiger partial charge is 0.512 e. The summed E-state index contributed by atoms with van der Waals surface area (Å²) in [5, 5.41) is 31.2. The smallest absolute Gasteiger partial charge is 0.336 e. The van der Waals surface area contributed by atoms with Crippen LogP contribution in [0.25, 0.3) is 0 Å². The molecule has 0 aromatic heterocycles. The average Bonchev–Trinajstić information content (AvgIpc) is 3.21. The molecule has 33 heavy (non-hydrogen) atoms. The van der Waals surface area contributed by atoms with Gasteiger partial charge in [0.15, 0.2) is 0 Å². The highest BCUT2D eigenvalue weighted by Gasteiger charge is 2.64. The fourth-order valence-electron chi connectivity index (χ4n) is 9.51. The number of rotatable bonds is 3. The quantitative estimate of drug-likeness (QED) is 0.522. The lowest BCUT2D eigenvalue weighted by atomic mass is 9.54. The number of hydrogen-bond donors (Lipinski definition) is 3. The summed E-state index contributed by atoms with van der Waals surface area (Å²) >= 11 is 0. The minimum atomic E-state index is -0.784. The van der Waals surface area contributed by atoms with Gasteiger partial charge in [0.05, 0.1) is 23.5 Å². The van der Waals surface area contributed by atoms with Gasteiger partial charge in [0.25, 0.3) is 0 Å². The van der Waals surface area contributed by atoms with Crippen molar-refractivity contribution in [1.29, 1.82) is 0 Å². The van der Waals surface area contributed by atoms with Crippen molar-refractivity contribution in [3.63, 3.8) is 0 Å². The molecule has 0 bridgehead atoms. The van der Waals surface area contributed by atoms with E-state index in [0.717, 1.165) is 37.7 Å². The fraction of sp³-hybridized carbons (Fsp3) is 0.821. The van der Waals surface area contributed by atoms with Gasteiger partial charge in [0, 0.05) is 11.8 Å². The second kappa shape index (κ2) is 7.84. The Bertz CT molecular complexity index is 889. The molecule has 0 spiro atoms. The molecular formula is C28H42O5. The molecule has 5 rings (SSSR count). The second-order valence-corrected chi connectivity index (χ2v) is 12.6. The number of aliphatic hydroxyl groups is 3. The van der Waals surface area contributed by atoms with Gasteiger partial charge in [-0.15, -0.1) is 0 Å². The molecule has 3 saturated carbocycles. The van der Waals surface area contributed by atoms with E-state index in [1.807, 2.05) is 6.92 Å². The fourth-order valence-corrected chi connectivity index (χ4v) is 9.51. The third-order valence-corrected chi connectivity index (χ3v) is 11.2. The Morgan fingerprint density at radius 3 is 2.52 bits per heavy atom. The standard InChI is InChI=1S/C28H42O5/c1-14-10-23(33-26(32)25(14)16(3)29)15(2)20-6-7-21-19-12-17-11-18(30)13-24(31)28(17,5)22(19)8-9-27(20,21)4/h13,15-23,29-31H,6-12H2,1-5H3/t15-,16?,17?,18+,19?,20?,21?,22?,23?,27+,28-/m0/s1. The normalized spacial score (nSPS) is 49.0. The van der Waals surface area contributed by atoms with Crippen LogP contribution >= 0.6 is 0 Å². The van der Waals surface area contributed by atoms with E-state index in [0.29, 0.717) is 47.3 Å². The van der Waals surface area contributed by atoms with Crippen molar-refractivity contribution < 1.29 is 24.9 Å². The summed E-state index contributed by atoms with van der Waals surface area (Å²) in [6, 6.07) is 0. The Hall–Kier alpha value is -1.33. The minimum Gasteiger partial charge on any atom is -0.512 e. The van der Waals surface area contributed by atoms with E-state index in [9.17, 15) is 20.1 Å². The molecule has 0 radical (unpaired) electrons. The van der Waals surface area contributed by atoms with Crippen LogP contribution in [0.5, 0.6) is 0 Å². The van der Waals surface area contributed by atoms with Gasteiger partial charge in [-0.3, -0.25) is 0 Å². The molecule has 0 amide bonds. The zero-order valence-electron chi connectivity index (χ0n) is 20.9. The van der Waals surface area contributed by atoms with E-state index in [-0.39, 0.29) is 28.8 Å². The van der Waals surface area contributed by atoms with Crippen molar-refractivity contribution in [3.8, 4) is 0 Å². The predicted molar refractivity (Wildman–Crippen MR) is 126 cm³/mol. The number of ether oxygens (including phenoxy) is 1. The summed E-state index contributed by atoms with van der Waals surface area (Å²) < 4.78 is 5.91. The zero-order valence-corrected chi connectivity index (χ0v) is 20.9. The van der Waals surface area contributed by atoms with Crippen LogP contribution in [0.1, 0.15) is 79.6 Å². The first kappa shape index (κ1) is 23.4. The van der Waals surface area contributed by atoms with Crippen LogP contribution in [0.3, 0.4) is 0 Å². The molecule has 7 unspecified atom stereocenters. The molecule has 184 valence electrons. The van der Waals surface area contributed by atoms with Gasteiger partial charge in [-0.2, -0.15) is 0 Å². The number of allylic oxidation sites excluding steroid dienone is 1. The van der Waals surface area contributed by atoms with Gasteiger partial charge in [0.2, 0.25) is 0 Å². The Balaban J connectivity index is 1.37. The summed E-state index contributed by atoms with van der Waals surface area (Å²) in [6.45, 7) is 10.6. The van der Waals surface area contributed by atoms with Gasteiger partial charge < -0.3 is 20.1 Å². The summed E-state index contributed by atoms with van der Waals surface area (Å²) in [4.78, 5) is 12.6. The Morgan fingerprint density at radius 1 is 1.12 bits per heavy atom. The summed E-state index contributed by atoms with van der Waals surface area (Å²) in [6.07, 6.45) is 7.51. The van der Waals surface area contributed by atoms with E-state index in [2.05, 4.69) is 20.8 Å². The minimum absolute atomic E-state index is 0.121. The summed E-state index contributed by atoms with van der Waals surface area (Å²) in [7, 11) is 0. The van der Waals surface area contributed by atoms with Crippen LogP contribution in [0.4, 0.5) is 0 Å². The Labute approximate surface area is 198 Å². The average molecular weight is 459 g/mol. The molecule has 3 fully saturated rings. The summed E-state index contributed by atoms with van der Waals surface area (Å²) in [5.74, 6) is 2.93. The molecule has 11 atom stereocenters. The van der Waals surface area contributed by atoms with Gasteiger partial charge in [0.1, 0.15) is 6.10 Å². The number of carbonyl (C=O) groups is 1. The van der Waals surface area contributed by atoms with Crippen molar-refractivity contribution in [2.75, 3.05) is 0 Å². The lowest BCUT2D eigenvalue weighted by Gasteiger charge is -2.51. The predicted octanol–water partition coefficient (Wildman–Crippen LogP) is 4.93. The van der Waals surface area contributed by atoms with E-state index in [1.165, 1.54) is 6.42 Å². The van der Waals surface area contributed by atoms with Crippen LogP contribution in [-0.4, -0.2) is 39.6 Å². The van der Waals surface area contributed by atoms with Crippen molar-refractivity contribution in [2.24, 2.45) is 46.3 Å². The topological polar surface area (TPSA) is 87.0 Å². The second-order valence-electron chi connectivity index (χ2n) is 12.6. The molecular weight excluding hydrogens is 416 g/mol. The Morgan fingerprint density at radius 2 is 1.85 bits per heavy atom. The van der Waals surface area contributed by atoms with Crippen molar-refractivity contribution in [1.82, 2.24) is 0 Å². The monoisotopic (exact) mass is 458 g/mol. The third kappa shape index (κ3) is 3.28. The number of hydrogen-bond acceptors (Lipinski definition) is 5. The third-order valence-electron chi connectivity index (χ3n) is 11.2. The first-order chi connectivity index (χ1) is 15.5. The van der Waals surface area contributed by atoms with Gasteiger partial charge in [-0.1, -0.05) is 26.3 Å². The lowest BCUT2D eigenvalue weighted by molar-refractivity contribution is -0.152. The molecule has 1 heterocycles. The SMILES string of the molecule is CC1=C(C(C)O)C(=O)OC([C@@H](C)C2CCC3C4CC5C[C@@H](O)C=C(O)[C@]5(C)C4CC[C@@]32C)C1. The van der Waals surface area contributed by atoms with Gasteiger partial charge in [-0.25, -0.2) is 4.79 Å². The maximum absolute atomic E-state index is 12.6. The van der Waals surface area contributed by atoms with Crippen LogP contribution in [-0.2, 0) is 9.53 Å². The van der Waals surface area contributed by atoms with Crippen molar-refractivity contribution >= 4 is 5.97 Å². The summed E-state index contributed by atoms with van der Waals surface area (Å²) in [5.41, 5.74) is 1.44. The highest BCUT2D eigenvalue weighted by Crippen LogP contribution is 2.70. The molecule has 3 N–H and O–H groups in total. The highest BCUT2D eigenvalue weighted by atomic mass is 16.5. The van der Waals surface area contributed by atoms with E-state index < -0.39 is 12.2 Å². The van der Waals surface area contributed by atoms with E-state index in [4.69, 9.17) is 4.74 Å². The maximum Gasteiger partial charge on any atom is 0.336 e. The maximum atomic E-state index is 12.6. The first-order valence-electron chi connectivity index (χ1n) is 13.2. The molecule has 1 aliphatic heterocycles. The first-order valence-corrected chi connectivity index (χ1v) is 13.2. The van der Waals surface area contributed by atoms with E-state index >= 15 is 0 Å². The molecule has 5 heteroatoms. The zero-order chi connectivity index (χ0) is 23.9. The molecule has 4 aliphatic carbocycles. The number of cyclic esters (lactones) is 1. The van der Waals surface area contributed by atoms with Crippen LogP contribution in [0.2, 0.25) is 0 Å². The molecule has 0 aromatic carbocycles. The van der Waals surface area contributed by atoms with Crippen LogP contribution in [0, 0.1) is 46.3 Å². The van der Waals surface area contributed by atoms with E-state index in [1.54, 1.807) is 13.0 Å². The van der Waals surface area contributed by atoms with Gasteiger partial charge >= 0.3 is 5.97 Å². The number of fused-ring (bicyclic) bond motifs is 5.